The first kappa shape index (κ1) is 17.2. The number of carboxylic acids is 1. The Morgan fingerprint density at radius 1 is 1.30 bits per heavy atom. The van der Waals surface area contributed by atoms with E-state index in [-0.39, 0.29) is 0 Å². The quantitative estimate of drug-likeness (QED) is 0.740. The molecular weight excluding hydrogens is 300 g/mol. The Bertz CT molecular complexity index is 555. The molecule has 1 aliphatic rings. The highest BCUT2D eigenvalue weighted by Crippen LogP contribution is 2.29. The molecule has 2 N–H and O–H groups in total. The van der Waals surface area contributed by atoms with Crippen LogP contribution in [0, 0.1) is 0 Å². The Labute approximate surface area is 135 Å². The van der Waals surface area contributed by atoms with E-state index in [0.29, 0.717) is 37.5 Å². The molecule has 0 saturated heterocycles. The van der Waals surface area contributed by atoms with E-state index in [9.17, 15) is 14.7 Å². The maximum Gasteiger partial charge on any atom is 0.329 e. The van der Waals surface area contributed by atoms with E-state index in [1.807, 2.05) is 0 Å². The maximum absolute atomic E-state index is 12.4. The second-order valence-electron chi connectivity index (χ2n) is 5.63. The Kier molecular flexibility index (Phi) is 5.92. The van der Waals surface area contributed by atoms with Crippen molar-refractivity contribution in [3.8, 4) is 5.88 Å². The van der Waals surface area contributed by atoms with Crippen molar-refractivity contribution < 1.29 is 24.2 Å². The maximum atomic E-state index is 12.4. The highest BCUT2D eigenvalue weighted by Gasteiger charge is 2.41. The summed E-state index contributed by atoms with van der Waals surface area (Å²) in [5.41, 5.74) is -0.839. The third kappa shape index (κ3) is 4.41. The zero-order valence-electron chi connectivity index (χ0n) is 13.2. The number of amides is 1. The van der Waals surface area contributed by atoms with Crippen LogP contribution in [0.2, 0.25) is 0 Å². The van der Waals surface area contributed by atoms with Gasteiger partial charge in [-0.1, -0.05) is 19.3 Å². The SMILES string of the molecule is COCCOc1cc(C(=O)NC2(C(=O)O)CCCCC2)ccn1. The minimum absolute atomic E-state index is 0.308. The van der Waals surface area contributed by atoms with Gasteiger partial charge in [-0.15, -0.1) is 0 Å². The van der Waals surface area contributed by atoms with Gasteiger partial charge < -0.3 is 19.9 Å². The lowest BCUT2D eigenvalue weighted by atomic mass is 9.81. The molecule has 1 amide bonds. The summed E-state index contributed by atoms with van der Waals surface area (Å²) in [7, 11) is 1.57. The Balaban J connectivity index is 2.07. The lowest BCUT2D eigenvalue weighted by molar-refractivity contribution is -0.145. The molecule has 0 aromatic carbocycles. The topological polar surface area (TPSA) is 97.8 Å². The first-order chi connectivity index (χ1) is 11.1. The molecule has 0 aliphatic heterocycles. The average molecular weight is 322 g/mol. The van der Waals surface area contributed by atoms with E-state index in [1.54, 1.807) is 7.11 Å². The molecule has 0 unspecified atom stereocenters. The largest absolute Gasteiger partial charge is 0.480 e. The van der Waals surface area contributed by atoms with Crippen LogP contribution in [0.1, 0.15) is 42.5 Å². The Hall–Kier alpha value is -2.15. The number of hydrogen-bond acceptors (Lipinski definition) is 5. The molecule has 1 fully saturated rings. The number of carboxylic acid groups (broad SMARTS) is 1. The standard InChI is InChI=1S/C16H22N2O5/c1-22-9-10-23-13-11-12(5-8-17-13)14(19)18-16(15(20)21)6-3-2-4-7-16/h5,8,11H,2-4,6-7,9-10H2,1H3,(H,18,19)(H,20,21). The van der Waals surface area contributed by atoms with Crippen LogP contribution >= 0.6 is 0 Å². The van der Waals surface area contributed by atoms with Crippen molar-refractivity contribution in [1.29, 1.82) is 0 Å². The first-order valence-electron chi connectivity index (χ1n) is 7.71. The van der Waals surface area contributed by atoms with Crippen molar-refractivity contribution in [2.24, 2.45) is 0 Å². The van der Waals surface area contributed by atoms with Crippen LogP contribution in [0.5, 0.6) is 5.88 Å². The van der Waals surface area contributed by atoms with Crippen LogP contribution in [-0.4, -0.2) is 47.8 Å². The van der Waals surface area contributed by atoms with Gasteiger partial charge in [0.15, 0.2) is 0 Å². The number of nitrogens with one attached hydrogen (secondary N) is 1. The summed E-state index contributed by atoms with van der Waals surface area (Å²) in [6.45, 7) is 0.744. The summed E-state index contributed by atoms with van der Waals surface area (Å²) >= 11 is 0. The van der Waals surface area contributed by atoms with Crippen LogP contribution in [0.3, 0.4) is 0 Å². The van der Waals surface area contributed by atoms with Crippen molar-refractivity contribution in [2.45, 2.75) is 37.6 Å². The number of carbonyl (C=O) groups is 2. The zero-order valence-corrected chi connectivity index (χ0v) is 13.2. The van der Waals surface area contributed by atoms with Crippen molar-refractivity contribution in [1.82, 2.24) is 10.3 Å². The summed E-state index contributed by atoms with van der Waals surface area (Å²) in [4.78, 5) is 28.1. The van der Waals surface area contributed by atoms with E-state index < -0.39 is 17.4 Å². The highest BCUT2D eigenvalue weighted by molar-refractivity contribution is 5.98. The number of aliphatic carboxylic acids is 1. The van der Waals surface area contributed by atoms with Crippen molar-refractivity contribution in [2.75, 3.05) is 20.3 Å². The average Bonchev–Trinajstić information content (AvgIpc) is 2.56. The molecule has 0 radical (unpaired) electrons. The molecule has 23 heavy (non-hydrogen) atoms. The molecule has 7 nitrogen and oxygen atoms in total. The lowest BCUT2D eigenvalue weighted by Gasteiger charge is -2.33. The van der Waals surface area contributed by atoms with Gasteiger partial charge in [0.2, 0.25) is 5.88 Å². The second kappa shape index (κ2) is 7.92. The Morgan fingerprint density at radius 3 is 2.70 bits per heavy atom. The molecule has 0 atom stereocenters. The number of rotatable bonds is 7. The van der Waals surface area contributed by atoms with Crippen molar-refractivity contribution in [3.63, 3.8) is 0 Å². The summed E-state index contributed by atoms with van der Waals surface area (Å²) in [6.07, 6.45) is 4.97. The minimum atomic E-state index is -1.17. The van der Waals surface area contributed by atoms with Crippen LogP contribution in [0.25, 0.3) is 0 Å². The third-order valence-electron chi connectivity index (χ3n) is 4.00. The number of pyridine rings is 1. The normalized spacial score (nSPS) is 16.6. The van der Waals surface area contributed by atoms with Crippen LogP contribution in [0.15, 0.2) is 18.3 Å². The van der Waals surface area contributed by atoms with Crippen LogP contribution in [-0.2, 0) is 9.53 Å². The molecule has 1 heterocycles. The smallest absolute Gasteiger partial charge is 0.329 e. The first-order valence-corrected chi connectivity index (χ1v) is 7.71. The van der Waals surface area contributed by atoms with Crippen molar-refractivity contribution in [3.05, 3.63) is 23.9 Å². The molecular formula is C16H22N2O5. The number of carbonyl (C=O) groups excluding carboxylic acids is 1. The van der Waals surface area contributed by atoms with E-state index in [4.69, 9.17) is 9.47 Å². The molecule has 7 heteroatoms. The summed E-state index contributed by atoms with van der Waals surface area (Å²) < 4.78 is 10.3. The van der Waals surface area contributed by atoms with Gasteiger partial charge in [-0.25, -0.2) is 9.78 Å². The zero-order chi connectivity index (χ0) is 16.7. The predicted molar refractivity (Wildman–Crippen MR) is 82.5 cm³/mol. The molecule has 1 aromatic rings. The minimum Gasteiger partial charge on any atom is -0.480 e. The molecule has 126 valence electrons. The van der Waals surface area contributed by atoms with Crippen molar-refractivity contribution >= 4 is 11.9 Å². The number of methoxy groups -OCH3 is 1. The third-order valence-corrected chi connectivity index (χ3v) is 4.00. The van der Waals surface area contributed by atoms with Crippen LogP contribution < -0.4 is 10.1 Å². The van der Waals surface area contributed by atoms with E-state index >= 15 is 0 Å². The Morgan fingerprint density at radius 2 is 2.04 bits per heavy atom. The molecule has 2 rings (SSSR count). The van der Waals surface area contributed by atoms with E-state index in [2.05, 4.69) is 10.3 Å². The molecule has 1 aliphatic carbocycles. The number of hydrogen-bond donors (Lipinski definition) is 2. The van der Waals surface area contributed by atoms with E-state index in [1.165, 1.54) is 18.3 Å². The van der Waals surface area contributed by atoms with Gasteiger partial charge in [-0.2, -0.15) is 0 Å². The van der Waals surface area contributed by atoms with Gasteiger partial charge in [0.05, 0.1) is 6.61 Å². The highest BCUT2D eigenvalue weighted by atomic mass is 16.5. The van der Waals surface area contributed by atoms with Gasteiger partial charge in [0.25, 0.3) is 5.91 Å². The molecule has 1 saturated carbocycles. The summed E-state index contributed by atoms with van der Waals surface area (Å²) in [5.74, 6) is -1.09. The number of aromatic nitrogens is 1. The van der Waals surface area contributed by atoms with Gasteiger partial charge in [-0.3, -0.25) is 4.79 Å². The fourth-order valence-corrected chi connectivity index (χ4v) is 2.70. The second-order valence-corrected chi connectivity index (χ2v) is 5.63. The predicted octanol–water partition coefficient (Wildman–Crippen LogP) is 1.62. The van der Waals surface area contributed by atoms with Gasteiger partial charge >= 0.3 is 5.97 Å². The number of ether oxygens (including phenoxy) is 2. The van der Waals surface area contributed by atoms with Gasteiger partial charge in [0.1, 0.15) is 12.1 Å². The van der Waals surface area contributed by atoms with Gasteiger partial charge in [0, 0.05) is 24.9 Å². The molecule has 0 bridgehead atoms. The summed E-state index contributed by atoms with van der Waals surface area (Å²) in [5, 5.41) is 12.2. The molecule has 0 spiro atoms. The fraction of sp³-hybridized carbons (Fsp3) is 0.562. The lowest BCUT2D eigenvalue weighted by Crippen LogP contribution is -2.55. The molecule has 1 aromatic heterocycles. The van der Waals surface area contributed by atoms with E-state index in [0.717, 1.165) is 19.3 Å². The summed E-state index contributed by atoms with van der Waals surface area (Å²) in [6, 6.07) is 3.04. The van der Waals surface area contributed by atoms with Gasteiger partial charge in [-0.05, 0) is 18.9 Å². The number of nitrogens with zero attached hydrogens (tertiary/aromatic N) is 1. The monoisotopic (exact) mass is 322 g/mol. The van der Waals surface area contributed by atoms with Crippen LogP contribution in [0.4, 0.5) is 0 Å². The fourth-order valence-electron chi connectivity index (χ4n) is 2.70.